The van der Waals surface area contributed by atoms with Crippen LogP contribution >= 0.6 is 0 Å². The van der Waals surface area contributed by atoms with Crippen LogP contribution in [-0.2, 0) is 20.7 Å². The minimum absolute atomic E-state index is 0.170. The van der Waals surface area contributed by atoms with E-state index in [0.29, 0.717) is 28.9 Å². The van der Waals surface area contributed by atoms with Crippen molar-refractivity contribution in [2.45, 2.75) is 13.3 Å². The van der Waals surface area contributed by atoms with E-state index in [1.54, 1.807) is 37.3 Å². The summed E-state index contributed by atoms with van der Waals surface area (Å²) in [6.45, 7) is 1.89. The van der Waals surface area contributed by atoms with E-state index in [-0.39, 0.29) is 29.2 Å². The molecule has 0 aromatic heterocycles. The van der Waals surface area contributed by atoms with Crippen molar-refractivity contribution >= 4 is 35.6 Å². The number of imide groups is 2. The molecule has 1 heterocycles. The molecule has 4 rings (SSSR count). The number of esters is 1. The summed E-state index contributed by atoms with van der Waals surface area (Å²) < 4.78 is 24.0. The number of methoxy groups -OCH3 is 1. The molecule has 0 spiro atoms. The van der Waals surface area contributed by atoms with Crippen molar-refractivity contribution in [1.29, 1.82) is 0 Å². The Kier molecular flexibility index (Phi) is 7.43. The first kappa shape index (κ1) is 25.3. The summed E-state index contributed by atoms with van der Waals surface area (Å²) in [5.74, 6) is -2.05. The predicted octanol–water partition coefficient (Wildman–Crippen LogP) is 4.27. The van der Waals surface area contributed by atoms with Gasteiger partial charge in [0.05, 0.1) is 25.0 Å². The SMILES string of the molecule is CCOC(=O)c1ccc(N2C(=O)NC(=O)/C(=C\c3ccc(OC)cc3Cc3cccc(F)c3)C2=O)cc1. The lowest BCUT2D eigenvalue weighted by atomic mass is 9.97. The number of carbonyl (C=O) groups is 4. The fraction of sp³-hybridized carbons (Fsp3) is 0.143. The highest BCUT2D eigenvalue weighted by Gasteiger charge is 2.37. The maximum absolute atomic E-state index is 13.7. The van der Waals surface area contributed by atoms with Crippen LogP contribution in [0.2, 0.25) is 0 Å². The summed E-state index contributed by atoms with van der Waals surface area (Å²) in [6, 6.07) is 16.0. The van der Waals surface area contributed by atoms with E-state index in [0.717, 1.165) is 4.90 Å². The van der Waals surface area contributed by atoms with Crippen LogP contribution in [0.1, 0.15) is 34.0 Å². The van der Waals surface area contributed by atoms with E-state index < -0.39 is 23.8 Å². The van der Waals surface area contributed by atoms with E-state index in [1.807, 2.05) is 0 Å². The summed E-state index contributed by atoms with van der Waals surface area (Å²) in [5, 5.41) is 2.18. The lowest BCUT2D eigenvalue weighted by Crippen LogP contribution is -2.54. The third kappa shape index (κ3) is 5.56. The predicted molar refractivity (Wildman–Crippen MR) is 134 cm³/mol. The number of anilines is 1. The number of rotatable bonds is 7. The highest BCUT2D eigenvalue weighted by Crippen LogP contribution is 2.26. The van der Waals surface area contributed by atoms with Crippen molar-refractivity contribution in [3.8, 4) is 5.75 Å². The number of amides is 4. The first-order valence-electron chi connectivity index (χ1n) is 11.4. The van der Waals surface area contributed by atoms with Crippen LogP contribution in [-0.4, -0.2) is 37.5 Å². The molecule has 0 aliphatic carbocycles. The number of hydrogen-bond acceptors (Lipinski definition) is 6. The monoisotopic (exact) mass is 502 g/mol. The molecule has 37 heavy (non-hydrogen) atoms. The summed E-state index contributed by atoms with van der Waals surface area (Å²) >= 11 is 0. The maximum atomic E-state index is 13.7. The van der Waals surface area contributed by atoms with Gasteiger partial charge in [0, 0.05) is 0 Å². The molecule has 0 unspecified atom stereocenters. The molecule has 3 aromatic carbocycles. The van der Waals surface area contributed by atoms with Crippen molar-refractivity contribution in [2.24, 2.45) is 0 Å². The van der Waals surface area contributed by atoms with E-state index in [4.69, 9.17) is 9.47 Å². The van der Waals surface area contributed by atoms with Crippen molar-refractivity contribution in [3.05, 3.63) is 100 Å². The Labute approximate surface area is 212 Å². The lowest BCUT2D eigenvalue weighted by molar-refractivity contribution is -0.122. The van der Waals surface area contributed by atoms with Gasteiger partial charge in [-0.3, -0.25) is 14.9 Å². The number of ether oxygens (including phenoxy) is 2. The molecule has 8 nitrogen and oxygen atoms in total. The maximum Gasteiger partial charge on any atom is 0.338 e. The molecule has 3 aromatic rings. The van der Waals surface area contributed by atoms with Crippen LogP contribution in [0.3, 0.4) is 0 Å². The topological polar surface area (TPSA) is 102 Å². The van der Waals surface area contributed by atoms with E-state index >= 15 is 0 Å². The normalized spacial score (nSPS) is 14.5. The number of halogens is 1. The number of hydrogen-bond donors (Lipinski definition) is 1. The zero-order valence-corrected chi connectivity index (χ0v) is 20.1. The average molecular weight is 502 g/mol. The smallest absolute Gasteiger partial charge is 0.338 e. The van der Waals surface area contributed by atoms with Crippen LogP contribution in [0.15, 0.2) is 72.3 Å². The molecule has 0 saturated carbocycles. The Balaban J connectivity index is 1.69. The molecule has 188 valence electrons. The minimum Gasteiger partial charge on any atom is -0.497 e. The molecule has 9 heteroatoms. The van der Waals surface area contributed by atoms with Gasteiger partial charge in [0.1, 0.15) is 17.1 Å². The van der Waals surface area contributed by atoms with Crippen LogP contribution in [0, 0.1) is 5.82 Å². The Morgan fingerprint density at radius 1 is 1.03 bits per heavy atom. The Morgan fingerprint density at radius 2 is 1.78 bits per heavy atom. The van der Waals surface area contributed by atoms with Crippen molar-refractivity contribution in [1.82, 2.24) is 5.32 Å². The third-order valence-electron chi connectivity index (χ3n) is 5.67. The molecule has 0 radical (unpaired) electrons. The molecule has 1 aliphatic heterocycles. The van der Waals surface area contributed by atoms with E-state index in [1.165, 1.54) is 49.6 Å². The molecule has 1 aliphatic rings. The molecule has 4 amide bonds. The van der Waals surface area contributed by atoms with Crippen molar-refractivity contribution < 1.29 is 33.0 Å². The average Bonchev–Trinajstić information content (AvgIpc) is 2.87. The van der Waals surface area contributed by atoms with Gasteiger partial charge in [-0.1, -0.05) is 18.2 Å². The zero-order chi connectivity index (χ0) is 26.5. The highest BCUT2D eigenvalue weighted by atomic mass is 19.1. The summed E-state index contributed by atoms with van der Waals surface area (Å²) in [4.78, 5) is 51.3. The standard InChI is InChI=1S/C28H23FN2O6/c1-3-37-27(34)18-7-10-22(11-8-18)31-26(33)24(25(32)30-28(31)35)16-19-9-12-23(36-2)15-20(19)13-17-5-4-6-21(29)14-17/h4-12,14-16H,3,13H2,1-2H3,(H,30,32,35)/b24-16+. The van der Waals surface area contributed by atoms with E-state index in [9.17, 15) is 23.6 Å². The molecular formula is C28H23FN2O6. The third-order valence-corrected chi connectivity index (χ3v) is 5.67. The van der Waals surface area contributed by atoms with E-state index in [2.05, 4.69) is 5.32 Å². The van der Waals surface area contributed by atoms with Gasteiger partial charge < -0.3 is 9.47 Å². The molecule has 1 fully saturated rings. The zero-order valence-electron chi connectivity index (χ0n) is 20.1. The summed E-state index contributed by atoms with van der Waals surface area (Å²) in [5.41, 5.74) is 2.05. The largest absolute Gasteiger partial charge is 0.497 e. The van der Waals surface area contributed by atoms with Gasteiger partial charge in [-0.15, -0.1) is 0 Å². The van der Waals surface area contributed by atoms with Gasteiger partial charge in [-0.25, -0.2) is 18.9 Å². The second kappa shape index (κ2) is 10.9. The van der Waals surface area contributed by atoms with Crippen LogP contribution < -0.4 is 15.0 Å². The van der Waals surface area contributed by atoms with Gasteiger partial charge in [-0.2, -0.15) is 0 Å². The van der Waals surface area contributed by atoms with Gasteiger partial charge in [0.15, 0.2) is 0 Å². The second-order valence-corrected chi connectivity index (χ2v) is 8.10. The van der Waals surface area contributed by atoms with Gasteiger partial charge in [0.25, 0.3) is 11.8 Å². The molecule has 1 saturated heterocycles. The van der Waals surface area contributed by atoms with Crippen molar-refractivity contribution in [3.63, 3.8) is 0 Å². The number of carbonyl (C=O) groups excluding carboxylic acids is 4. The number of barbiturate groups is 1. The number of nitrogens with one attached hydrogen (secondary N) is 1. The number of nitrogens with zero attached hydrogens (tertiary/aromatic N) is 1. The quantitative estimate of drug-likeness (QED) is 0.294. The summed E-state index contributed by atoms with van der Waals surface area (Å²) in [7, 11) is 1.51. The number of benzene rings is 3. The van der Waals surface area contributed by atoms with Gasteiger partial charge in [-0.05, 0) is 84.6 Å². The van der Waals surface area contributed by atoms with Crippen LogP contribution in [0.4, 0.5) is 14.9 Å². The molecule has 0 atom stereocenters. The van der Waals surface area contributed by atoms with Crippen LogP contribution in [0.5, 0.6) is 5.75 Å². The molecular weight excluding hydrogens is 479 g/mol. The Bertz CT molecular complexity index is 1410. The highest BCUT2D eigenvalue weighted by molar-refractivity contribution is 6.39. The fourth-order valence-corrected chi connectivity index (χ4v) is 3.88. The molecule has 1 N–H and O–H groups in total. The second-order valence-electron chi connectivity index (χ2n) is 8.10. The Hall–Kier alpha value is -4.79. The van der Waals surface area contributed by atoms with Crippen molar-refractivity contribution in [2.75, 3.05) is 18.6 Å². The lowest BCUT2D eigenvalue weighted by Gasteiger charge is -2.26. The first-order valence-corrected chi connectivity index (χ1v) is 11.4. The molecule has 0 bridgehead atoms. The number of urea groups is 1. The van der Waals surface area contributed by atoms with Gasteiger partial charge in [0.2, 0.25) is 0 Å². The summed E-state index contributed by atoms with van der Waals surface area (Å²) in [6.07, 6.45) is 1.69. The minimum atomic E-state index is -0.911. The van der Waals surface area contributed by atoms with Gasteiger partial charge >= 0.3 is 12.0 Å². The van der Waals surface area contributed by atoms with Crippen LogP contribution in [0.25, 0.3) is 6.08 Å². The Morgan fingerprint density at radius 3 is 2.46 bits per heavy atom. The first-order chi connectivity index (χ1) is 17.8. The fourth-order valence-electron chi connectivity index (χ4n) is 3.88.